The van der Waals surface area contributed by atoms with E-state index in [1.54, 1.807) is 0 Å². The fraction of sp³-hybridized carbons (Fsp3) is 0.533. The molecule has 1 aliphatic heterocycles. The van der Waals surface area contributed by atoms with E-state index in [2.05, 4.69) is 5.32 Å². The first kappa shape index (κ1) is 14.8. The molecule has 20 heavy (non-hydrogen) atoms. The third-order valence-electron chi connectivity index (χ3n) is 3.25. The number of anilines is 1. The summed E-state index contributed by atoms with van der Waals surface area (Å²) in [4.78, 5) is 11.9. The molecule has 2 rings (SSSR count). The molecule has 1 aromatic carbocycles. The summed E-state index contributed by atoms with van der Waals surface area (Å²) in [7, 11) is 0. The van der Waals surface area contributed by atoms with Crippen molar-refractivity contribution in [3.63, 3.8) is 0 Å². The fourth-order valence-electron chi connectivity index (χ4n) is 2.24. The Morgan fingerprint density at radius 3 is 3.05 bits per heavy atom. The van der Waals surface area contributed by atoms with Crippen molar-refractivity contribution in [1.29, 1.82) is 0 Å². The zero-order valence-corrected chi connectivity index (χ0v) is 11.6. The second-order valence-electron chi connectivity index (χ2n) is 4.86. The van der Waals surface area contributed by atoms with Crippen molar-refractivity contribution in [2.75, 3.05) is 25.1 Å². The number of carbonyl (C=O) groups is 1. The van der Waals surface area contributed by atoms with Crippen LogP contribution in [0.2, 0.25) is 0 Å². The largest absolute Gasteiger partial charge is 0.490 e. The summed E-state index contributed by atoms with van der Waals surface area (Å²) in [6, 6.07) is 7.39. The lowest BCUT2D eigenvalue weighted by Crippen LogP contribution is -2.16. The molecule has 0 saturated carbocycles. The van der Waals surface area contributed by atoms with Crippen molar-refractivity contribution in [3.05, 3.63) is 24.3 Å². The number of benzene rings is 1. The Kier molecular flexibility index (Phi) is 5.83. The summed E-state index contributed by atoms with van der Waals surface area (Å²) in [5.41, 5.74) is 6.11. The van der Waals surface area contributed by atoms with Crippen LogP contribution in [0.3, 0.4) is 0 Å². The minimum atomic E-state index is -0.00991. The number of carbonyl (C=O) groups excluding carboxylic acids is 1. The van der Waals surface area contributed by atoms with Crippen molar-refractivity contribution in [3.8, 4) is 5.75 Å². The van der Waals surface area contributed by atoms with Crippen LogP contribution in [-0.2, 0) is 9.53 Å². The van der Waals surface area contributed by atoms with Crippen molar-refractivity contribution in [2.24, 2.45) is 5.73 Å². The number of ether oxygens (including phenoxy) is 2. The summed E-state index contributed by atoms with van der Waals surface area (Å²) in [5, 5.41) is 2.88. The predicted octanol–water partition coefficient (Wildman–Crippen LogP) is 1.92. The monoisotopic (exact) mass is 278 g/mol. The SMILES string of the molecule is NCCOc1ccccc1NC(=O)CCC1CCCO1. The maximum Gasteiger partial charge on any atom is 0.224 e. The van der Waals surface area contributed by atoms with Crippen LogP contribution in [0, 0.1) is 0 Å². The van der Waals surface area contributed by atoms with E-state index in [9.17, 15) is 4.79 Å². The van der Waals surface area contributed by atoms with Crippen molar-refractivity contribution < 1.29 is 14.3 Å². The Morgan fingerprint density at radius 2 is 2.30 bits per heavy atom. The number of amides is 1. The van der Waals surface area contributed by atoms with Gasteiger partial charge >= 0.3 is 0 Å². The van der Waals surface area contributed by atoms with Crippen molar-refractivity contribution >= 4 is 11.6 Å². The molecule has 1 heterocycles. The van der Waals surface area contributed by atoms with E-state index in [0.29, 0.717) is 31.0 Å². The van der Waals surface area contributed by atoms with E-state index in [1.807, 2.05) is 24.3 Å². The molecule has 5 nitrogen and oxygen atoms in total. The van der Waals surface area contributed by atoms with Crippen LogP contribution >= 0.6 is 0 Å². The number of nitrogens with two attached hydrogens (primary N) is 1. The van der Waals surface area contributed by atoms with Crippen LogP contribution in [0.5, 0.6) is 5.75 Å². The molecular weight excluding hydrogens is 256 g/mol. The lowest BCUT2D eigenvalue weighted by Gasteiger charge is -2.13. The molecule has 1 saturated heterocycles. The van der Waals surface area contributed by atoms with E-state index in [0.717, 1.165) is 25.9 Å². The molecule has 0 aromatic heterocycles. The lowest BCUT2D eigenvalue weighted by molar-refractivity contribution is -0.116. The van der Waals surface area contributed by atoms with E-state index in [4.69, 9.17) is 15.2 Å². The molecule has 5 heteroatoms. The smallest absolute Gasteiger partial charge is 0.224 e. The van der Waals surface area contributed by atoms with Crippen LogP contribution in [0.15, 0.2) is 24.3 Å². The van der Waals surface area contributed by atoms with E-state index in [-0.39, 0.29) is 12.0 Å². The first-order valence-electron chi connectivity index (χ1n) is 7.13. The molecule has 1 aromatic rings. The Labute approximate surface area is 119 Å². The number of para-hydroxylation sites is 2. The van der Waals surface area contributed by atoms with Crippen molar-refractivity contribution in [1.82, 2.24) is 0 Å². The van der Waals surface area contributed by atoms with E-state index in [1.165, 1.54) is 0 Å². The van der Waals surface area contributed by atoms with Gasteiger partial charge in [-0.3, -0.25) is 4.79 Å². The molecule has 1 fully saturated rings. The first-order valence-corrected chi connectivity index (χ1v) is 7.13. The number of rotatable bonds is 7. The van der Waals surface area contributed by atoms with Gasteiger partial charge in [-0.05, 0) is 31.4 Å². The molecule has 0 bridgehead atoms. The molecule has 1 amide bonds. The number of hydrogen-bond donors (Lipinski definition) is 2. The lowest BCUT2D eigenvalue weighted by atomic mass is 10.1. The normalized spacial score (nSPS) is 17.9. The third-order valence-corrected chi connectivity index (χ3v) is 3.25. The predicted molar refractivity (Wildman–Crippen MR) is 77.8 cm³/mol. The molecule has 1 unspecified atom stereocenters. The molecule has 1 aliphatic rings. The maximum atomic E-state index is 11.9. The summed E-state index contributed by atoms with van der Waals surface area (Å²) >= 11 is 0. The highest BCUT2D eigenvalue weighted by Gasteiger charge is 2.17. The fourth-order valence-corrected chi connectivity index (χ4v) is 2.24. The van der Waals surface area contributed by atoms with Gasteiger partial charge in [0.25, 0.3) is 0 Å². The topological polar surface area (TPSA) is 73.6 Å². The summed E-state index contributed by atoms with van der Waals surface area (Å²) in [6.07, 6.45) is 3.64. The molecule has 0 aliphatic carbocycles. The Bertz CT molecular complexity index is 431. The van der Waals surface area contributed by atoms with Crippen LogP contribution in [0.1, 0.15) is 25.7 Å². The van der Waals surface area contributed by atoms with Gasteiger partial charge in [0.15, 0.2) is 0 Å². The molecular formula is C15H22N2O3. The van der Waals surface area contributed by atoms with E-state index < -0.39 is 0 Å². The molecule has 0 spiro atoms. The standard InChI is InChI=1S/C15H22N2O3/c16-9-11-20-14-6-2-1-5-13(14)17-15(18)8-7-12-4-3-10-19-12/h1-2,5-6,12H,3-4,7-11,16H2,(H,17,18). The summed E-state index contributed by atoms with van der Waals surface area (Å²) in [6.45, 7) is 1.70. The summed E-state index contributed by atoms with van der Waals surface area (Å²) in [5.74, 6) is 0.646. The van der Waals surface area contributed by atoms with Gasteiger partial charge in [-0.15, -0.1) is 0 Å². The van der Waals surface area contributed by atoms with Gasteiger partial charge in [0.2, 0.25) is 5.91 Å². The summed E-state index contributed by atoms with van der Waals surface area (Å²) < 4.78 is 11.0. The quantitative estimate of drug-likeness (QED) is 0.799. The molecule has 110 valence electrons. The third kappa shape index (κ3) is 4.51. The second kappa shape index (κ2) is 7.87. The van der Waals surface area contributed by atoms with Gasteiger partial charge < -0.3 is 20.5 Å². The Balaban J connectivity index is 1.83. The molecule has 0 radical (unpaired) electrons. The Hall–Kier alpha value is -1.59. The van der Waals surface area contributed by atoms with Crippen LogP contribution in [-0.4, -0.2) is 31.8 Å². The Morgan fingerprint density at radius 1 is 1.45 bits per heavy atom. The maximum absolute atomic E-state index is 11.9. The van der Waals surface area contributed by atoms with Crippen LogP contribution in [0.25, 0.3) is 0 Å². The highest BCUT2D eigenvalue weighted by Crippen LogP contribution is 2.24. The van der Waals surface area contributed by atoms with Gasteiger partial charge in [0.05, 0.1) is 11.8 Å². The highest BCUT2D eigenvalue weighted by atomic mass is 16.5. The highest BCUT2D eigenvalue weighted by molar-refractivity contribution is 5.92. The molecule has 1 atom stereocenters. The zero-order valence-electron chi connectivity index (χ0n) is 11.6. The van der Waals surface area contributed by atoms with Gasteiger partial charge in [-0.1, -0.05) is 12.1 Å². The van der Waals surface area contributed by atoms with Gasteiger partial charge in [-0.2, -0.15) is 0 Å². The van der Waals surface area contributed by atoms with Crippen LogP contribution < -0.4 is 15.8 Å². The molecule has 3 N–H and O–H groups in total. The second-order valence-corrected chi connectivity index (χ2v) is 4.86. The number of hydrogen-bond acceptors (Lipinski definition) is 4. The first-order chi connectivity index (χ1) is 9.79. The average molecular weight is 278 g/mol. The number of nitrogens with one attached hydrogen (secondary N) is 1. The average Bonchev–Trinajstić information content (AvgIpc) is 2.97. The van der Waals surface area contributed by atoms with E-state index >= 15 is 0 Å². The van der Waals surface area contributed by atoms with Gasteiger partial charge in [-0.25, -0.2) is 0 Å². The minimum Gasteiger partial charge on any atom is -0.490 e. The van der Waals surface area contributed by atoms with Crippen molar-refractivity contribution in [2.45, 2.75) is 31.8 Å². The zero-order chi connectivity index (χ0) is 14.2. The van der Waals surface area contributed by atoms with Gasteiger partial charge in [0, 0.05) is 19.6 Å². The minimum absolute atomic E-state index is 0.00991. The van der Waals surface area contributed by atoms with Gasteiger partial charge in [0.1, 0.15) is 12.4 Å². The van der Waals surface area contributed by atoms with Crippen LogP contribution in [0.4, 0.5) is 5.69 Å².